The zero-order valence-electron chi connectivity index (χ0n) is 16.3. The van der Waals surface area contributed by atoms with Crippen molar-refractivity contribution >= 4 is 22.9 Å². The highest BCUT2D eigenvalue weighted by atomic mass is 16.6. The van der Waals surface area contributed by atoms with Gasteiger partial charge in [0, 0.05) is 31.7 Å². The summed E-state index contributed by atoms with van der Waals surface area (Å²) in [6, 6.07) is 1.00. The second-order valence-corrected chi connectivity index (χ2v) is 8.44. The highest BCUT2D eigenvalue weighted by Crippen LogP contribution is 2.31. The van der Waals surface area contributed by atoms with E-state index in [9.17, 15) is 5.11 Å². The van der Waals surface area contributed by atoms with Gasteiger partial charge in [0.25, 0.3) is 0 Å². The summed E-state index contributed by atoms with van der Waals surface area (Å²) in [5.74, 6) is 1.68. The number of nitrogens with zero attached hydrogens (tertiary/aromatic N) is 6. The van der Waals surface area contributed by atoms with Crippen LogP contribution >= 0.6 is 0 Å². The lowest BCUT2D eigenvalue weighted by Gasteiger charge is -2.41. The molecule has 0 radical (unpaired) electrons. The summed E-state index contributed by atoms with van der Waals surface area (Å²) in [6.45, 7) is 3.78. The van der Waals surface area contributed by atoms with Crippen LogP contribution < -0.4 is 10.2 Å². The smallest absolute Gasteiger partial charge is 0.245 e. The molecule has 2 aromatic rings. The van der Waals surface area contributed by atoms with Crippen molar-refractivity contribution in [3.05, 3.63) is 0 Å². The van der Waals surface area contributed by atoms with Gasteiger partial charge in [0.2, 0.25) is 11.3 Å². The van der Waals surface area contributed by atoms with Crippen molar-refractivity contribution in [2.75, 3.05) is 36.4 Å². The quantitative estimate of drug-likeness (QED) is 0.812. The summed E-state index contributed by atoms with van der Waals surface area (Å²) in [5, 5.41) is 21.4. The fourth-order valence-corrected chi connectivity index (χ4v) is 4.97. The van der Waals surface area contributed by atoms with Gasteiger partial charge in [-0.2, -0.15) is 0 Å². The van der Waals surface area contributed by atoms with Crippen LogP contribution in [0.5, 0.6) is 0 Å². The summed E-state index contributed by atoms with van der Waals surface area (Å²) in [4.78, 5) is 14.2. The van der Waals surface area contributed by atoms with Crippen LogP contribution in [0.3, 0.4) is 0 Å². The number of hydrogen-bond acceptors (Lipinski definition) is 9. The van der Waals surface area contributed by atoms with Gasteiger partial charge in [0.15, 0.2) is 11.6 Å². The minimum atomic E-state index is -0.165. The lowest BCUT2D eigenvalue weighted by atomic mass is 9.99. The Balaban J connectivity index is 1.32. The molecule has 9 heteroatoms. The van der Waals surface area contributed by atoms with Gasteiger partial charge in [-0.05, 0) is 55.4 Å². The van der Waals surface area contributed by atoms with E-state index in [4.69, 9.17) is 9.61 Å². The molecule has 2 saturated heterocycles. The van der Waals surface area contributed by atoms with E-state index >= 15 is 0 Å². The lowest BCUT2D eigenvalue weighted by Crippen LogP contribution is -2.50. The average Bonchev–Trinajstić information content (AvgIpc) is 3.39. The minimum Gasteiger partial charge on any atom is -0.392 e. The van der Waals surface area contributed by atoms with Crippen LogP contribution in [0, 0.1) is 0 Å². The van der Waals surface area contributed by atoms with Crippen LogP contribution in [0.4, 0.5) is 11.6 Å². The van der Waals surface area contributed by atoms with E-state index in [0.717, 1.165) is 63.5 Å². The SMILES string of the molecule is O[C@H]1CCCN(C2CCN(c3nc4nonc4nc3NC3CCCC3)CC2)C1. The fourth-order valence-electron chi connectivity index (χ4n) is 4.97. The van der Waals surface area contributed by atoms with Gasteiger partial charge in [-0.15, -0.1) is 0 Å². The maximum absolute atomic E-state index is 9.99. The number of anilines is 2. The number of hydrogen-bond donors (Lipinski definition) is 2. The summed E-state index contributed by atoms with van der Waals surface area (Å²) in [6.07, 6.45) is 8.90. The molecule has 0 unspecified atom stereocenters. The third-order valence-corrected chi connectivity index (χ3v) is 6.50. The Labute approximate surface area is 164 Å². The highest BCUT2D eigenvalue weighted by Gasteiger charge is 2.30. The van der Waals surface area contributed by atoms with E-state index in [2.05, 4.69) is 30.4 Å². The molecule has 0 aromatic carbocycles. The van der Waals surface area contributed by atoms with Crippen LogP contribution in [0.25, 0.3) is 11.3 Å². The monoisotopic (exact) mass is 387 g/mol. The first kappa shape index (κ1) is 18.1. The van der Waals surface area contributed by atoms with Gasteiger partial charge in [-0.25, -0.2) is 14.6 Å². The molecule has 0 amide bonds. The Morgan fingerprint density at radius 1 is 0.893 bits per heavy atom. The first-order valence-corrected chi connectivity index (χ1v) is 10.7. The van der Waals surface area contributed by atoms with Crippen molar-refractivity contribution in [2.45, 2.75) is 69.6 Å². The number of piperidine rings is 2. The maximum Gasteiger partial charge on any atom is 0.245 e. The van der Waals surface area contributed by atoms with Crippen molar-refractivity contribution in [3.63, 3.8) is 0 Å². The van der Waals surface area contributed by atoms with Gasteiger partial charge in [-0.3, -0.25) is 4.90 Å². The summed E-state index contributed by atoms with van der Waals surface area (Å²) in [5.41, 5.74) is 0.926. The van der Waals surface area contributed by atoms with Crippen molar-refractivity contribution in [1.29, 1.82) is 0 Å². The molecule has 4 heterocycles. The second-order valence-electron chi connectivity index (χ2n) is 8.44. The Morgan fingerprint density at radius 2 is 1.64 bits per heavy atom. The Morgan fingerprint density at radius 3 is 2.39 bits per heavy atom. The van der Waals surface area contributed by atoms with Crippen molar-refractivity contribution in [3.8, 4) is 0 Å². The van der Waals surface area contributed by atoms with Gasteiger partial charge >= 0.3 is 0 Å². The molecule has 0 spiro atoms. The molecule has 2 aliphatic heterocycles. The van der Waals surface area contributed by atoms with E-state index in [1.807, 2.05) is 0 Å². The molecular weight excluding hydrogens is 358 g/mol. The van der Waals surface area contributed by atoms with Crippen molar-refractivity contribution in [2.24, 2.45) is 0 Å². The van der Waals surface area contributed by atoms with E-state index in [-0.39, 0.29) is 6.10 Å². The third-order valence-electron chi connectivity index (χ3n) is 6.50. The fraction of sp³-hybridized carbons (Fsp3) is 0.789. The molecule has 1 saturated carbocycles. The number of nitrogens with one attached hydrogen (secondary N) is 1. The predicted octanol–water partition coefficient (Wildman–Crippen LogP) is 1.79. The molecule has 2 aromatic heterocycles. The van der Waals surface area contributed by atoms with Crippen LogP contribution in [0.1, 0.15) is 51.4 Å². The highest BCUT2D eigenvalue weighted by molar-refractivity contribution is 5.74. The molecular formula is C19H29N7O2. The maximum atomic E-state index is 9.99. The zero-order chi connectivity index (χ0) is 18.9. The van der Waals surface area contributed by atoms with Crippen molar-refractivity contribution in [1.82, 2.24) is 25.2 Å². The van der Waals surface area contributed by atoms with Crippen LogP contribution in [-0.4, -0.2) is 74.7 Å². The van der Waals surface area contributed by atoms with Crippen LogP contribution in [0.2, 0.25) is 0 Å². The first-order chi connectivity index (χ1) is 13.8. The van der Waals surface area contributed by atoms with E-state index in [0.29, 0.717) is 23.4 Å². The lowest BCUT2D eigenvalue weighted by molar-refractivity contribution is 0.0398. The third kappa shape index (κ3) is 3.65. The summed E-state index contributed by atoms with van der Waals surface area (Å²) in [7, 11) is 0. The largest absolute Gasteiger partial charge is 0.392 e. The summed E-state index contributed by atoms with van der Waals surface area (Å²) >= 11 is 0. The molecule has 3 fully saturated rings. The van der Waals surface area contributed by atoms with E-state index < -0.39 is 0 Å². The van der Waals surface area contributed by atoms with Gasteiger partial charge in [0.05, 0.1) is 6.10 Å². The Bertz CT molecular complexity index is 799. The molecule has 9 nitrogen and oxygen atoms in total. The number of β-amino-alcohol motifs (C(OH)–C–C–N with tert-alkyl or cyclic N) is 1. The van der Waals surface area contributed by atoms with Crippen LogP contribution in [-0.2, 0) is 0 Å². The normalized spacial score (nSPS) is 25.6. The number of fused-ring (bicyclic) bond motifs is 1. The van der Waals surface area contributed by atoms with Crippen LogP contribution in [0.15, 0.2) is 4.63 Å². The number of rotatable bonds is 4. The molecule has 0 bridgehead atoms. The molecule has 3 aliphatic rings. The summed E-state index contributed by atoms with van der Waals surface area (Å²) < 4.78 is 4.84. The number of aliphatic hydroxyl groups excluding tert-OH is 1. The standard InChI is InChI=1S/C19H29N7O2/c27-15-6-3-9-26(12-15)14-7-10-25(11-8-14)19-18(20-13-4-1-2-5-13)21-16-17(22-19)24-28-23-16/h13-15,27H,1-12H2,(H,20,21,23)/t15-/m0/s1. The molecule has 152 valence electrons. The van der Waals surface area contributed by atoms with Gasteiger partial charge in [0.1, 0.15) is 0 Å². The van der Waals surface area contributed by atoms with Gasteiger partial charge < -0.3 is 15.3 Å². The Hall–Kier alpha value is -2.00. The van der Waals surface area contributed by atoms with Crippen molar-refractivity contribution < 1.29 is 9.74 Å². The second kappa shape index (κ2) is 7.79. The topological polar surface area (TPSA) is 103 Å². The molecule has 1 aliphatic carbocycles. The number of aliphatic hydroxyl groups is 1. The first-order valence-electron chi connectivity index (χ1n) is 10.7. The Kier molecular flexibility index (Phi) is 5.02. The van der Waals surface area contributed by atoms with Gasteiger partial charge in [-0.1, -0.05) is 12.8 Å². The van der Waals surface area contributed by atoms with E-state index in [1.165, 1.54) is 25.7 Å². The molecule has 2 N–H and O–H groups in total. The average molecular weight is 387 g/mol. The predicted molar refractivity (Wildman–Crippen MR) is 105 cm³/mol. The molecule has 28 heavy (non-hydrogen) atoms. The number of aromatic nitrogens is 4. The zero-order valence-corrected chi connectivity index (χ0v) is 16.3. The van der Waals surface area contributed by atoms with E-state index in [1.54, 1.807) is 0 Å². The molecule has 5 rings (SSSR count). The minimum absolute atomic E-state index is 0.165. The number of likely N-dealkylation sites (tertiary alicyclic amines) is 1. The molecule has 1 atom stereocenters.